The molecule has 0 heterocycles. The average molecular weight is 283 g/mol. The molecule has 2 rings (SSSR count). The van der Waals surface area contributed by atoms with Gasteiger partial charge in [0.25, 0.3) is 0 Å². The van der Waals surface area contributed by atoms with Crippen molar-refractivity contribution in [3.05, 3.63) is 59.1 Å². The first-order chi connectivity index (χ1) is 8.49. The minimum atomic E-state index is -3.81. The highest BCUT2D eigenvalue weighted by atomic mass is 35.5. The Morgan fingerprint density at radius 3 is 2.22 bits per heavy atom. The van der Waals surface area contributed by atoms with Gasteiger partial charge in [0.05, 0.1) is 0 Å². The van der Waals surface area contributed by atoms with Gasteiger partial charge in [-0.1, -0.05) is 29.8 Å². The van der Waals surface area contributed by atoms with E-state index in [1.807, 2.05) is 6.07 Å². The summed E-state index contributed by atoms with van der Waals surface area (Å²) in [5.41, 5.74) is 0.759. The third-order valence-electron chi connectivity index (χ3n) is 2.40. The van der Waals surface area contributed by atoms with Gasteiger partial charge in [-0.15, -0.1) is 0 Å². The first kappa shape index (κ1) is 12.9. The molecule has 0 bridgehead atoms. The van der Waals surface area contributed by atoms with Gasteiger partial charge in [0.15, 0.2) is 0 Å². The second-order valence-electron chi connectivity index (χ2n) is 3.76. The van der Waals surface area contributed by atoms with Gasteiger partial charge in [0.1, 0.15) is 10.6 Å². The summed E-state index contributed by atoms with van der Waals surface area (Å²) in [5, 5.41) is 0.477. The van der Waals surface area contributed by atoms with Crippen LogP contribution in [0.2, 0.25) is 5.02 Å². The Bertz CT molecular complexity index is 648. The third-order valence-corrected chi connectivity index (χ3v) is 3.90. The van der Waals surface area contributed by atoms with E-state index in [0.29, 0.717) is 10.8 Å². The van der Waals surface area contributed by atoms with Gasteiger partial charge >= 0.3 is 10.1 Å². The van der Waals surface area contributed by atoms with Crippen LogP contribution in [0.1, 0.15) is 5.56 Å². The molecule has 0 saturated carbocycles. The van der Waals surface area contributed by atoms with Crippen LogP contribution < -0.4 is 4.18 Å². The van der Waals surface area contributed by atoms with Crippen molar-refractivity contribution < 1.29 is 12.6 Å². The highest BCUT2D eigenvalue weighted by Crippen LogP contribution is 2.22. The number of rotatable bonds is 3. The fourth-order valence-corrected chi connectivity index (χ4v) is 2.53. The van der Waals surface area contributed by atoms with Crippen LogP contribution in [0.15, 0.2) is 53.4 Å². The molecule has 0 aliphatic heterocycles. The molecule has 0 fully saturated rings. The molecule has 0 saturated heterocycles. The molecule has 0 spiro atoms. The van der Waals surface area contributed by atoms with Crippen LogP contribution in [-0.2, 0) is 10.1 Å². The number of benzene rings is 2. The van der Waals surface area contributed by atoms with Crippen molar-refractivity contribution in [3.63, 3.8) is 0 Å². The lowest BCUT2D eigenvalue weighted by Gasteiger charge is -2.08. The normalized spacial score (nSPS) is 11.2. The molecule has 2 aromatic carbocycles. The van der Waals surface area contributed by atoms with Crippen LogP contribution in [0.25, 0.3) is 0 Å². The molecule has 0 aliphatic rings. The van der Waals surface area contributed by atoms with Crippen LogP contribution in [0.3, 0.4) is 0 Å². The number of para-hydroxylation sites is 1. The molecule has 0 atom stereocenters. The summed E-state index contributed by atoms with van der Waals surface area (Å²) in [6.07, 6.45) is 0. The Labute approximate surface area is 111 Å². The van der Waals surface area contributed by atoms with E-state index < -0.39 is 10.1 Å². The average Bonchev–Trinajstić information content (AvgIpc) is 2.32. The van der Waals surface area contributed by atoms with E-state index in [4.69, 9.17) is 15.8 Å². The molecule has 0 aliphatic carbocycles. The van der Waals surface area contributed by atoms with Crippen LogP contribution in [0, 0.1) is 6.92 Å². The van der Waals surface area contributed by atoms with Gasteiger partial charge in [0.2, 0.25) is 0 Å². The molecule has 18 heavy (non-hydrogen) atoms. The van der Waals surface area contributed by atoms with E-state index in [9.17, 15) is 8.42 Å². The topological polar surface area (TPSA) is 43.4 Å². The fourth-order valence-electron chi connectivity index (χ4n) is 1.42. The Morgan fingerprint density at radius 2 is 1.61 bits per heavy atom. The van der Waals surface area contributed by atoms with E-state index in [1.54, 1.807) is 25.1 Å². The number of halogens is 1. The first-order valence-electron chi connectivity index (χ1n) is 5.25. The van der Waals surface area contributed by atoms with Crippen LogP contribution in [0.4, 0.5) is 0 Å². The monoisotopic (exact) mass is 282 g/mol. The molecule has 0 aromatic heterocycles. The van der Waals surface area contributed by atoms with Crippen molar-refractivity contribution in [2.45, 2.75) is 11.8 Å². The Morgan fingerprint density at radius 1 is 1.00 bits per heavy atom. The predicted octanol–water partition coefficient (Wildman–Crippen LogP) is 3.42. The van der Waals surface area contributed by atoms with Gasteiger partial charge in [-0.25, -0.2) is 0 Å². The van der Waals surface area contributed by atoms with Crippen LogP contribution in [-0.4, -0.2) is 8.42 Å². The Balaban J connectivity index is 2.33. The summed E-state index contributed by atoms with van der Waals surface area (Å²) < 4.78 is 29.1. The van der Waals surface area contributed by atoms with Crippen molar-refractivity contribution in [3.8, 4) is 5.75 Å². The van der Waals surface area contributed by atoms with Gasteiger partial charge in [-0.2, -0.15) is 8.42 Å². The van der Waals surface area contributed by atoms with E-state index in [2.05, 4.69) is 0 Å². The zero-order valence-electron chi connectivity index (χ0n) is 9.63. The SMILES string of the molecule is Cc1ccccc1OS(=O)(=O)c1ccc(Cl)cc1. The highest BCUT2D eigenvalue weighted by molar-refractivity contribution is 7.87. The van der Waals surface area contributed by atoms with E-state index in [-0.39, 0.29) is 4.90 Å². The molecule has 0 N–H and O–H groups in total. The maximum absolute atomic E-state index is 12.0. The first-order valence-corrected chi connectivity index (χ1v) is 7.03. The van der Waals surface area contributed by atoms with Crippen LogP contribution in [0.5, 0.6) is 5.75 Å². The lowest BCUT2D eigenvalue weighted by atomic mass is 10.2. The number of hydrogen-bond donors (Lipinski definition) is 0. The van der Waals surface area contributed by atoms with Crippen molar-refractivity contribution in [1.29, 1.82) is 0 Å². The minimum absolute atomic E-state index is 0.0788. The summed E-state index contributed by atoms with van der Waals surface area (Å²) in [7, 11) is -3.81. The van der Waals surface area contributed by atoms with E-state index >= 15 is 0 Å². The van der Waals surface area contributed by atoms with Gasteiger partial charge in [-0.3, -0.25) is 0 Å². The minimum Gasteiger partial charge on any atom is -0.379 e. The number of aryl methyl sites for hydroxylation is 1. The molecule has 2 aromatic rings. The van der Waals surface area contributed by atoms with Crippen molar-refractivity contribution in [2.75, 3.05) is 0 Å². The predicted molar refractivity (Wildman–Crippen MR) is 70.4 cm³/mol. The second-order valence-corrected chi connectivity index (χ2v) is 5.74. The third kappa shape index (κ3) is 2.83. The molecule has 0 amide bonds. The molecule has 3 nitrogen and oxygen atoms in total. The standard InChI is InChI=1S/C13H11ClO3S/c1-10-4-2-3-5-13(10)17-18(15,16)12-8-6-11(14)7-9-12/h2-9H,1H3. The summed E-state index contributed by atoms with van der Waals surface area (Å²) in [4.78, 5) is 0.0788. The van der Waals surface area contributed by atoms with Crippen molar-refractivity contribution >= 4 is 21.7 Å². The van der Waals surface area contributed by atoms with Crippen molar-refractivity contribution in [1.82, 2.24) is 0 Å². The molecule has 0 unspecified atom stereocenters. The summed E-state index contributed by atoms with van der Waals surface area (Å²) in [5.74, 6) is 0.326. The summed E-state index contributed by atoms with van der Waals surface area (Å²) in [6.45, 7) is 1.78. The lowest BCUT2D eigenvalue weighted by molar-refractivity contribution is 0.484. The van der Waals surface area contributed by atoms with Crippen molar-refractivity contribution in [2.24, 2.45) is 0 Å². The summed E-state index contributed by atoms with van der Waals surface area (Å²) in [6, 6.07) is 12.8. The number of hydrogen-bond acceptors (Lipinski definition) is 3. The molecular formula is C13H11ClO3S. The maximum Gasteiger partial charge on any atom is 0.339 e. The molecular weight excluding hydrogens is 272 g/mol. The highest BCUT2D eigenvalue weighted by Gasteiger charge is 2.17. The van der Waals surface area contributed by atoms with Gasteiger partial charge in [-0.05, 0) is 42.8 Å². The lowest BCUT2D eigenvalue weighted by Crippen LogP contribution is -2.10. The Hall–Kier alpha value is -1.52. The second kappa shape index (κ2) is 5.00. The smallest absolute Gasteiger partial charge is 0.339 e. The van der Waals surface area contributed by atoms with E-state index in [0.717, 1.165) is 5.56 Å². The maximum atomic E-state index is 12.0. The van der Waals surface area contributed by atoms with Gasteiger partial charge in [0, 0.05) is 5.02 Å². The molecule has 0 radical (unpaired) electrons. The fraction of sp³-hybridized carbons (Fsp3) is 0.0769. The largest absolute Gasteiger partial charge is 0.379 e. The van der Waals surface area contributed by atoms with E-state index in [1.165, 1.54) is 24.3 Å². The summed E-state index contributed by atoms with van der Waals surface area (Å²) >= 11 is 5.71. The molecule has 5 heteroatoms. The quantitative estimate of drug-likeness (QED) is 0.810. The molecule has 94 valence electrons. The Kier molecular flexibility index (Phi) is 3.59. The van der Waals surface area contributed by atoms with Gasteiger partial charge < -0.3 is 4.18 Å². The zero-order chi connectivity index (χ0) is 13.2. The van der Waals surface area contributed by atoms with Crippen LogP contribution >= 0.6 is 11.6 Å². The zero-order valence-corrected chi connectivity index (χ0v) is 11.2.